The second-order valence-electron chi connectivity index (χ2n) is 5.01. The lowest BCUT2D eigenvalue weighted by atomic mass is 10.2. The lowest BCUT2D eigenvalue weighted by Crippen LogP contribution is -2.37. The molecule has 7 heteroatoms. The van der Waals surface area contributed by atoms with Gasteiger partial charge in [-0.3, -0.25) is 0 Å². The smallest absolute Gasteiger partial charge is 0.246 e. The number of halogens is 1. The van der Waals surface area contributed by atoms with Crippen LogP contribution in [0.5, 0.6) is 0 Å². The van der Waals surface area contributed by atoms with E-state index in [1.807, 2.05) is 0 Å². The van der Waals surface area contributed by atoms with Crippen LogP contribution >= 0.6 is 0 Å². The molecule has 1 aromatic carbocycles. The number of aliphatic hydroxyl groups is 1. The average Bonchev–Trinajstić information content (AvgIpc) is 2.97. The summed E-state index contributed by atoms with van der Waals surface area (Å²) in [4.78, 5) is -0.362. The first-order valence-electron chi connectivity index (χ1n) is 7.00. The minimum absolute atomic E-state index is 0.125. The minimum atomic E-state index is -3.90. The van der Waals surface area contributed by atoms with E-state index in [-0.39, 0.29) is 30.7 Å². The van der Waals surface area contributed by atoms with Crippen molar-refractivity contribution in [3.05, 3.63) is 29.6 Å². The summed E-state index contributed by atoms with van der Waals surface area (Å²) in [7, 11) is -3.90. The van der Waals surface area contributed by atoms with E-state index in [1.165, 1.54) is 16.4 Å². The predicted octanol–water partition coefficient (Wildman–Crippen LogP) is 1.51. The fourth-order valence-electron chi connectivity index (χ4n) is 2.40. The van der Waals surface area contributed by atoms with Crippen molar-refractivity contribution in [2.45, 2.75) is 37.4 Å². The Labute approximate surface area is 124 Å². The van der Waals surface area contributed by atoms with Crippen LogP contribution < -0.4 is 0 Å². The molecule has 1 N–H and O–H groups in total. The highest BCUT2D eigenvalue weighted by atomic mass is 32.2. The maximum absolute atomic E-state index is 14.0. The van der Waals surface area contributed by atoms with Gasteiger partial charge in [0.25, 0.3) is 0 Å². The van der Waals surface area contributed by atoms with Crippen LogP contribution in [-0.2, 0) is 21.4 Å². The molecule has 0 spiro atoms. The number of likely N-dealkylation sites (N-methyl/N-ethyl adjacent to an activating group) is 1. The summed E-state index contributed by atoms with van der Waals surface area (Å²) >= 11 is 0. The van der Waals surface area contributed by atoms with E-state index in [0.717, 1.165) is 18.9 Å². The van der Waals surface area contributed by atoms with Crippen molar-refractivity contribution in [1.29, 1.82) is 0 Å². The summed E-state index contributed by atoms with van der Waals surface area (Å²) in [5, 5.41) is 8.96. The molecule has 1 saturated heterocycles. The molecule has 2 rings (SSSR count). The van der Waals surface area contributed by atoms with Crippen molar-refractivity contribution >= 4 is 10.0 Å². The van der Waals surface area contributed by atoms with E-state index in [2.05, 4.69) is 0 Å². The first-order chi connectivity index (χ1) is 9.98. The Morgan fingerprint density at radius 3 is 2.76 bits per heavy atom. The highest BCUT2D eigenvalue weighted by molar-refractivity contribution is 7.89. The normalized spacial score (nSPS) is 19.3. The lowest BCUT2D eigenvalue weighted by molar-refractivity contribution is 0.0946. The van der Waals surface area contributed by atoms with Crippen molar-refractivity contribution in [3.8, 4) is 0 Å². The molecule has 0 bridgehead atoms. The molecule has 1 fully saturated rings. The molecule has 1 aliphatic heterocycles. The van der Waals surface area contributed by atoms with Gasteiger partial charge in [-0.25, -0.2) is 12.8 Å². The third kappa shape index (κ3) is 3.60. The van der Waals surface area contributed by atoms with E-state index in [0.29, 0.717) is 12.2 Å². The van der Waals surface area contributed by atoms with E-state index in [1.54, 1.807) is 6.92 Å². The summed E-state index contributed by atoms with van der Waals surface area (Å²) < 4.78 is 45.8. The number of aliphatic hydroxyl groups excluding tert-OH is 1. The molecule has 1 aromatic rings. The number of nitrogens with zero attached hydrogens (tertiary/aromatic N) is 1. The van der Waals surface area contributed by atoms with Gasteiger partial charge in [-0.2, -0.15) is 4.31 Å². The van der Waals surface area contributed by atoms with Gasteiger partial charge in [0.15, 0.2) is 0 Å². The van der Waals surface area contributed by atoms with Crippen molar-refractivity contribution in [2.75, 3.05) is 19.7 Å². The predicted molar refractivity (Wildman–Crippen MR) is 75.7 cm³/mol. The van der Waals surface area contributed by atoms with E-state index in [9.17, 15) is 12.8 Å². The van der Waals surface area contributed by atoms with Gasteiger partial charge >= 0.3 is 0 Å². The number of hydrogen-bond acceptors (Lipinski definition) is 4. The molecule has 21 heavy (non-hydrogen) atoms. The van der Waals surface area contributed by atoms with Gasteiger partial charge in [0.05, 0.1) is 12.7 Å². The van der Waals surface area contributed by atoms with Crippen molar-refractivity contribution < 1.29 is 22.7 Å². The zero-order valence-electron chi connectivity index (χ0n) is 12.0. The van der Waals surface area contributed by atoms with Crippen LogP contribution in [0.1, 0.15) is 25.3 Å². The van der Waals surface area contributed by atoms with E-state index >= 15 is 0 Å². The molecule has 118 valence electrons. The van der Waals surface area contributed by atoms with Crippen molar-refractivity contribution in [2.24, 2.45) is 0 Å². The molecule has 0 aromatic heterocycles. The largest absolute Gasteiger partial charge is 0.392 e. The zero-order chi connectivity index (χ0) is 15.5. The van der Waals surface area contributed by atoms with Gasteiger partial charge in [-0.15, -0.1) is 0 Å². The highest BCUT2D eigenvalue weighted by Crippen LogP contribution is 2.23. The molecule has 1 heterocycles. The fourth-order valence-corrected chi connectivity index (χ4v) is 3.93. The second-order valence-corrected chi connectivity index (χ2v) is 6.92. The van der Waals surface area contributed by atoms with Gasteiger partial charge in [0, 0.05) is 19.7 Å². The number of ether oxygens (including phenoxy) is 1. The lowest BCUT2D eigenvalue weighted by Gasteiger charge is -2.23. The SMILES string of the molecule is CCN(CC1CCCO1)S(=O)(=O)c1ccc(CO)cc1F. The van der Waals surface area contributed by atoms with Crippen molar-refractivity contribution in [1.82, 2.24) is 4.31 Å². The zero-order valence-corrected chi connectivity index (χ0v) is 12.8. The maximum atomic E-state index is 14.0. The molecule has 5 nitrogen and oxygen atoms in total. The standard InChI is InChI=1S/C14H20FNO4S/c1-2-16(9-12-4-3-7-20-12)21(18,19)14-6-5-11(10-17)8-13(14)15/h5-6,8,12,17H,2-4,7,9-10H2,1H3. The van der Waals surface area contributed by atoms with Crippen LogP contribution in [0.2, 0.25) is 0 Å². The first-order valence-corrected chi connectivity index (χ1v) is 8.44. The van der Waals surface area contributed by atoms with Crippen LogP contribution in [0.25, 0.3) is 0 Å². The number of benzene rings is 1. The summed E-state index contributed by atoms with van der Waals surface area (Å²) in [6.07, 6.45) is 1.61. The maximum Gasteiger partial charge on any atom is 0.246 e. The topological polar surface area (TPSA) is 66.8 Å². The van der Waals surface area contributed by atoms with Gasteiger partial charge in [0.1, 0.15) is 10.7 Å². The summed E-state index contributed by atoms with van der Waals surface area (Å²) in [5.41, 5.74) is 0.341. The molecule has 0 saturated carbocycles. The molecule has 1 atom stereocenters. The Morgan fingerprint density at radius 2 is 2.24 bits per heavy atom. The second kappa shape index (κ2) is 6.83. The number of sulfonamides is 1. The van der Waals surface area contributed by atoms with E-state index in [4.69, 9.17) is 9.84 Å². The molecule has 1 unspecified atom stereocenters. The monoisotopic (exact) mass is 317 g/mol. The Balaban J connectivity index is 2.25. The quantitative estimate of drug-likeness (QED) is 0.863. The molecular formula is C14H20FNO4S. The Kier molecular flexibility index (Phi) is 5.32. The highest BCUT2D eigenvalue weighted by Gasteiger charge is 2.30. The van der Waals surface area contributed by atoms with Crippen LogP contribution in [0.4, 0.5) is 4.39 Å². The van der Waals surface area contributed by atoms with E-state index < -0.39 is 15.8 Å². The van der Waals surface area contributed by atoms with Crippen LogP contribution in [0, 0.1) is 5.82 Å². The van der Waals surface area contributed by atoms with Crippen LogP contribution in [0.3, 0.4) is 0 Å². The molecule has 0 radical (unpaired) electrons. The Bertz CT molecular complexity index is 585. The van der Waals surface area contributed by atoms with Gasteiger partial charge < -0.3 is 9.84 Å². The summed E-state index contributed by atoms with van der Waals surface area (Å²) in [5.74, 6) is -0.840. The van der Waals surface area contributed by atoms with Crippen LogP contribution in [-0.4, -0.2) is 43.6 Å². The number of hydrogen-bond donors (Lipinski definition) is 1. The fraction of sp³-hybridized carbons (Fsp3) is 0.571. The first kappa shape index (κ1) is 16.4. The molecule has 0 amide bonds. The third-order valence-electron chi connectivity index (χ3n) is 3.58. The molecule has 0 aliphatic carbocycles. The summed E-state index contributed by atoms with van der Waals surface area (Å²) in [6.45, 7) is 2.52. The van der Waals surface area contributed by atoms with Gasteiger partial charge in [-0.05, 0) is 30.5 Å². The molecular weight excluding hydrogens is 297 g/mol. The van der Waals surface area contributed by atoms with Gasteiger partial charge in [-0.1, -0.05) is 13.0 Å². The van der Waals surface area contributed by atoms with Crippen LogP contribution in [0.15, 0.2) is 23.1 Å². The summed E-state index contributed by atoms with van der Waals surface area (Å²) in [6, 6.07) is 3.66. The Hall–Kier alpha value is -1.02. The van der Waals surface area contributed by atoms with Crippen molar-refractivity contribution in [3.63, 3.8) is 0 Å². The third-order valence-corrected chi connectivity index (χ3v) is 5.55. The Morgan fingerprint density at radius 1 is 1.48 bits per heavy atom. The average molecular weight is 317 g/mol. The van der Waals surface area contributed by atoms with Gasteiger partial charge in [0.2, 0.25) is 10.0 Å². The number of rotatable bonds is 6. The molecule has 1 aliphatic rings. The minimum Gasteiger partial charge on any atom is -0.392 e.